The van der Waals surface area contributed by atoms with E-state index in [1.54, 1.807) is 25.4 Å². The number of nitrogens with one attached hydrogen (secondary N) is 3. The summed E-state index contributed by atoms with van der Waals surface area (Å²) in [7, 11) is 0. The molecule has 1 unspecified atom stereocenters. The molecule has 0 aliphatic rings. The van der Waals surface area contributed by atoms with Crippen molar-refractivity contribution in [3.05, 3.63) is 66.0 Å². The number of aromatic amines is 1. The number of rotatable bonds is 6. The minimum absolute atomic E-state index is 0.0372. The minimum atomic E-state index is -0.671. The van der Waals surface area contributed by atoms with E-state index in [0.29, 0.717) is 5.82 Å². The highest BCUT2D eigenvalue weighted by molar-refractivity contribution is 5.63. The van der Waals surface area contributed by atoms with Gasteiger partial charge < -0.3 is 16.4 Å². The maximum Gasteiger partial charge on any atom is 0.235 e. The Bertz CT molecular complexity index is 1160. The van der Waals surface area contributed by atoms with Gasteiger partial charge in [-0.15, -0.1) is 0 Å². The van der Waals surface area contributed by atoms with Crippen LogP contribution in [0.3, 0.4) is 0 Å². The van der Waals surface area contributed by atoms with E-state index in [9.17, 15) is 8.78 Å². The maximum absolute atomic E-state index is 14.0. The number of nitrogens with two attached hydrogens (primary N) is 1. The smallest absolute Gasteiger partial charge is 0.235 e. The Morgan fingerprint density at radius 1 is 1.07 bits per heavy atom. The molecule has 3 aromatic heterocycles. The van der Waals surface area contributed by atoms with Gasteiger partial charge in [-0.2, -0.15) is 20.1 Å². The van der Waals surface area contributed by atoms with Gasteiger partial charge in [-0.25, -0.2) is 8.78 Å². The molecule has 0 fully saturated rings. The largest absolute Gasteiger partial charge is 0.368 e. The van der Waals surface area contributed by atoms with Crippen molar-refractivity contribution in [3.63, 3.8) is 0 Å². The predicted molar refractivity (Wildman–Crippen MR) is 108 cm³/mol. The first-order valence-corrected chi connectivity index (χ1v) is 8.94. The van der Waals surface area contributed by atoms with Crippen LogP contribution in [0.5, 0.6) is 0 Å². The van der Waals surface area contributed by atoms with Crippen LogP contribution in [-0.2, 0) is 0 Å². The fourth-order valence-electron chi connectivity index (χ4n) is 2.81. The van der Waals surface area contributed by atoms with E-state index in [1.807, 2.05) is 12.1 Å². The molecule has 4 rings (SSSR count). The van der Waals surface area contributed by atoms with E-state index in [2.05, 4.69) is 40.8 Å². The first kappa shape index (κ1) is 19.2. The van der Waals surface area contributed by atoms with Crippen LogP contribution >= 0.6 is 0 Å². The number of nitrogen functional groups attached to an aromatic ring is 1. The zero-order valence-corrected chi connectivity index (χ0v) is 15.8. The highest BCUT2D eigenvalue weighted by atomic mass is 19.1. The van der Waals surface area contributed by atoms with Crippen molar-refractivity contribution in [1.82, 2.24) is 30.1 Å². The van der Waals surface area contributed by atoms with Crippen molar-refractivity contribution in [2.45, 2.75) is 13.0 Å². The molecule has 5 N–H and O–H groups in total. The van der Waals surface area contributed by atoms with Crippen LogP contribution < -0.4 is 16.4 Å². The lowest BCUT2D eigenvalue weighted by Crippen LogP contribution is -2.14. The number of H-pyrrole nitrogens is 1. The molecular weight excluding hydrogens is 392 g/mol. The summed E-state index contributed by atoms with van der Waals surface area (Å²) < 4.78 is 27.1. The number of anilines is 4. The number of halogens is 2. The molecule has 0 radical (unpaired) electrons. The summed E-state index contributed by atoms with van der Waals surface area (Å²) in [5, 5.41) is 12.9. The van der Waals surface area contributed by atoms with Gasteiger partial charge in [0.1, 0.15) is 11.6 Å². The lowest BCUT2D eigenvalue weighted by atomic mass is 10.1. The van der Waals surface area contributed by atoms with E-state index in [-0.39, 0.29) is 23.4 Å². The summed E-state index contributed by atoms with van der Waals surface area (Å²) in [6, 6.07) is 8.30. The normalized spacial score (nSPS) is 11.8. The Labute approximate surface area is 169 Å². The Balaban J connectivity index is 1.51. The zero-order valence-electron chi connectivity index (χ0n) is 15.8. The minimum Gasteiger partial charge on any atom is -0.368 e. The number of pyridine rings is 1. The van der Waals surface area contributed by atoms with Gasteiger partial charge in [0.2, 0.25) is 17.8 Å². The third-order valence-corrected chi connectivity index (χ3v) is 4.22. The van der Waals surface area contributed by atoms with Crippen molar-refractivity contribution < 1.29 is 8.78 Å². The molecule has 0 spiro atoms. The van der Waals surface area contributed by atoms with Crippen LogP contribution in [0.4, 0.5) is 32.4 Å². The molecule has 4 aromatic rings. The zero-order chi connectivity index (χ0) is 21.1. The number of aromatic nitrogens is 6. The van der Waals surface area contributed by atoms with Crippen molar-refractivity contribution in [3.8, 4) is 11.3 Å². The van der Waals surface area contributed by atoms with Crippen molar-refractivity contribution in [2.75, 3.05) is 16.4 Å². The van der Waals surface area contributed by atoms with Gasteiger partial charge in [-0.05, 0) is 25.1 Å². The number of hydrogen-bond acceptors (Lipinski definition) is 8. The molecule has 11 heteroatoms. The van der Waals surface area contributed by atoms with Crippen LogP contribution in [-0.4, -0.2) is 30.1 Å². The van der Waals surface area contributed by atoms with E-state index in [4.69, 9.17) is 5.73 Å². The summed E-state index contributed by atoms with van der Waals surface area (Å²) >= 11 is 0. The van der Waals surface area contributed by atoms with Crippen LogP contribution in [0.2, 0.25) is 0 Å². The Kier molecular flexibility index (Phi) is 5.16. The van der Waals surface area contributed by atoms with Gasteiger partial charge in [0, 0.05) is 35.7 Å². The van der Waals surface area contributed by atoms with Crippen molar-refractivity contribution in [2.24, 2.45) is 0 Å². The molecule has 152 valence electrons. The number of nitrogens with zero attached hydrogens (tertiary/aromatic N) is 5. The second-order valence-corrected chi connectivity index (χ2v) is 6.41. The fraction of sp³-hybridized carbons (Fsp3) is 0.105. The molecule has 1 atom stereocenters. The van der Waals surface area contributed by atoms with Gasteiger partial charge in [0.25, 0.3) is 0 Å². The molecule has 30 heavy (non-hydrogen) atoms. The van der Waals surface area contributed by atoms with Gasteiger partial charge in [0.15, 0.2) is 5.82 Å². The number of hydrogen-bond donors (Lipinski definition) is 4. The highest BCUT2D eigenvalue weighted by Crippen LogP contribution is 2.23. The Hall–Kier alpha value is -4.15. The first-order chi connectivity index (χ1) is 14.5. The summed E-state index contributed by atoms with van der Waals surface area (Å²) in [4.78, 5) is 16.4. The van der Waals surface area contributed by atoms with E-state index >= 15 is 0 Å². The summed E-state index contributed by atoms with van der Waals surface area (Å²) in [5.74, 6) is -0.614. The average Bonchev–Trinajstić information content (AvgIpc) is 3.16. The monoisotopic (exact) mass is 409 g/mol. The maximum atomic E-state index is 14.0. The fourth-order valence-corrected chi connectivity index (χ4v) is 2.81. The second-order valence-electron chi connectivity index (χ2n) is 6.41. The van der Waals surface area contributed by atoms with Crippen LogP contribution in [0.15, 0.2) is 48.8 Å². The molecule has 0 aliphatic carbocycles. The topological polar surface area (TPSA) is 130 Å². The quantitative estimate of drug-likeness (QED) is 0.381. The van der Waals surface area contributed by atoms with E-state index in [1.165, 1.54) is 12.1 Å². The van der Waals surface area contributed by atoms with Gasteiger partial charge in [-0.3, -0.25) is 10.1 Å². The molecule has 0 bridgehead atoms. The Morgan fingerprint density at radius 2 is 1.90 bits per heavy atom. The average molecular weight is 409 g/mol. The molecule has 0 saturated heterocycles. The van der Waals surface area contributed by atoms with Crippen LogP contribution in [0.1, 0.15) is 18.5 Å². The molecule has 0 saturated carbocycles. The molecule has 0 amide bonds. The van der Waals surface area contributed by atoms with Crippen LogP contribution in [0.25, 0.3) is 11.3 Å². The summed E-state index contributed by atoms with van der Waals surface area (Å²) in [6.07, 6.45) is 3.39. The van der Waals surface area contributed by atoms with Crippen molar-refractivity contribution >= 4 is 23.7 Å². The third kappa shape index (κ3) is 4.29. The molecule has 9 nitrogen and oxygen atoms in total. The van der Waals surface area contributed by atoms with Gasteiger partial charge >= 0.3 is 0 Å². The third-order valence-electron chi connectivity index (χ3n) is 4.22. The number of benzene rings is 1. The Morgan fingerprint density at radius 3 is 2.67 bits per heavy atom. The molecule has 0 aliphatic heterocycles. The standard InChI is InChI=1S/C19H17F2N9/c1-10(13-5-4-12(20)7-14(13)21)24-18-26-17(22)27-19(28-18)25-16-8-15(29-30-16)11-3-2-6-23-9-11/h2-10H,1H3,(H5,22,24,25,26,27,28,29,30). The molecule has 1 aromatic carbocycles. The van der Waals surface area contributed by atoms with Crippen molar-refractivity contribution in [1.29, 1.82) is 0 Å². The molecule has 3 heterocycles. The summed E-state index contributed by atoms with van der Waals surface area (Å²) in [5.41, 5.74) is 7.66. The van der Waals surface area contributed by atoms with Gasteiger partial charge in [-0.1, -0.05) is 6.07 Å². The van der Waals surface area contributed by atoms with E-state index < -0.39 is 17.7 Å². The van der Waals surface area contributed by atoms with Crippen LogP contribution in [0, 0.1) is 11.6 Å². The lowest BCUT2D eigenvalue weighted by molar-refractivity contribution is 0.566. The van der Waals surface area contributed by atoms with E-state index in [0.717, 1.165) is 17.3 Å². The lowest BCUT2D eigenvalue weighted by Gasteiger charge is -2.15. The second kappa shape index (κ2) is 8.07. The SMILES string of the molecule is CC(Nc1nc(N)nc(Nc2cc(-c3cccnc3)[nH]n2)n1)c1ccc(F)cc1F. The first-order valence-electron chi connectivity index (χ1n) is 8.94. The summed E-state index contributed by atoms with van der Waals surface area (Å²) in [6.45, 7) is 1.69. The molecular formula is C19H17F2N9. The van der Waals surface area contributed by atoms with Gasteiger partial charge in [0.05, 0.1) is 11.7 Å². The highest BCUT2D eigenvalue weighted by Gasteiger charge is 2.15. The predicted octanol–water partition coefficient (Wildman–Crippen LogP) is 3.43.